The van der Waals surface area contributed by atoms with Gasteiger partial charge in [0.05, 0.1) is 18.6 Å². The highest BCUT2D eigenvalue weighted by Gasteiger charge is 2.39. The number of carboxylic acid groups (broad SMARTS) is 1. The zero-order chi connectivity index (χ0) is 11.7. The van der Waals surface area contributed by atoms with E-state index < -0.39 is 12.0 Å². The number of amides is 1. The lowest BCUT2D eigenvalue weighted by Crippen LogP contribution is -2.43. The van der Waals surface area contributed by atoms with Crippen LogP contribution in [0.15, 0.2) is 0 Å². The smallest absolute Gasteiger partial charge is 0.326 e. The quantitative estimate of drug-likeness (QED) is 0.745. The molecule has 0 aromatic heterocycles. The minimum Gasteiger partial charge on any atom is -0.480 e. The monoisotopic (exact) mass is 227 g/mol. The number of hydrogen-bond donors (Lipinski definition) is 1. The third-order valence-corrected chi connectivity index (χ3v) is 3.37. The predicted molar refractivity (Wildman–Crippen MR) is 55.9 cm³/mol. The van der Waals surface area contributed by atoms with Crippen molar-refractivity contribution in [2.45, 2.75) is 38.3 Å². The van der Waals surface area contributed by atoms with Crippen LogP contribution in [0.2, 0.25) is 0 Å². The Balaban J connectivity index is 2.01. The van der Waals surface area contributed by atoms with Gasteiger partial charge in [0.15, 0.2) is 0 Å². The first-order chi connectivity index (χ1) is 7.59. The van der Waals surface area contributed by atoms with E-state index in [1.807, 2.05) is 6.92 Å². The molecule has 1 amide bonds. The molecule has 16 heavy (non-hydrogen) atoms. The minimum atomic E-state index is -0.891. The molecule has 2 rings (SSSR count). The summed E-state index contributed by atoms with van der Waals surface area (Å²) >= 11 is 0. The summed E-state index contributed by atoms with van der Waals surface area (Å²) in [6, 6.07) is -0.622. The molecule has 0 spiro atoms. The third kappa shape index (κ3) is 2.04. The summed E-state index contributed by atoms with van der Waals surface area (Å²) in [7, 11) is 0. The number of carbonyl (C=O) groups is 2. The fourth-order valence-electron chi connectivity index (χ4n) is 2.51. The van der Waals surface area contributed by atoms with Gasteiger partial charge in [-0.1, -0.05) is 0 Å². The first-order valence-corrected chi connectivity index (χ1v) is 5.74. The van der Waals surface area contributed by atoms with Gasteiger partial charge in [0, 0.05) is 6.54 Å². The maximum Gasteiger partial charge on any atom is 0.326 e. The molecule has 2 aliphatic heterocycles. The summed E-state index contributed by atoms with van der Waals surface area (Å²) in [5.74, 6) is -1.08. The van der Waals surface area contributed by atoms with Crippen LogP contribution in [0.1, 0.15) is 26.2 Å². The Kier molecular flexibility index (Phi) is 3.14. The zero-order valence-corrected chi connectivity index (χ0v) is 9.39. The van der Waals surface area contributed by atoms with Crippen LogP contribution in [-0.4, -0.2) is 47.2 Å². The van der Waals surface area contributed by atoms with Gasteiger partial charge < -0.3 is 14.7 Å². The predicted octanol–water partition coefficient (Wildman–Crippen LogP) is 0.487. The van der Waals surface area contributed by atoms with E-state index in [4.69, 9.17) is 9.84 Å². The molecule has 0 radical (unpaired) electrons. The Morgan fingerprint density at radius 1 is 1.44 bits per heavy atom. The number of hydrogen-bond acceptors (Lipinski definition) is 3. The van der Waals surface area contributed by atoms with E-state index >= 15 is 0 Å². The summed E-state index contributed by atoms with van der Waals surface area (Å²) in [6.07, 6.45) is 2.18. The van der Waals surface area contributed by atoms with Gasteiger partial charge in [-0.3, -0.25) is 4.79 Å². The summed E-state index contributed by atoms with van der Waals surface area (Å²) < 4.78 is 5.35. The summed E-state index contributed by atoms with van der Waals surface area (Å²) in [4.78, 5) is 24.6. The molecule has 5 heteroatoms. The molecule has 2 aliphatic rings. The topological polar surface area (TPSA) is 66.8 Å². The maximum atomic E-state index is 12.1. The summed E-state index contributed by atoms with van der Waals surface area (Å²) in [6.45, 7) is 2.94. The second kappa shape index (κ2) is 4.41. The average molecular weight is 227 g/mol. The molecule has 0 saturated carbocycles. The van der Waals surface area contributed by atoms with Crippen molar-refractivity contribution in [3.05, 3.63) is 0 Å². The maximum absolute atomic E-state index is 12.1. The number of ether oxygens (including phenoxy) is 1. The molecule has 3 atom stereocenters. The van der Waals surface area contributed by atoms with E-state index in [1.165, 1.54) is 4.90 Å². The molecular formula is C11H17NO4. The molecule has 2 heterocycles. The number of carbonyl (C=O) groups excluding carboxylic acids is 1. The molecule has 0 bridgehead atoms. The number of nitrogens with zero attached hydrogens (tertiary/aromatic N) is 1. The van der Waals surface area contributed by atoms with Crippen LogP contribution in [0.5, 0.6) is 0 Å². The summed E-state index contributed by atoms with van der Waals surface area (Å²) in [5, 5.41) is 9.00. The molecule has 5 nitrogen and oxygen atoms in total. The van der Waals surface area contributed by atoms with Crippen LogP contribution < -0.4 is 0 Å². The van der Waals surface area contributed by atoms with Gasteiger partial charge in [0.1, 0.15) is 6.04 Å². The lowest BCUT2D eigenvalue weighted by molar-refractivity contribution is -0.149. The van der Waals surface area contributed by atoms with Crippen molar-refractivity contribution in [3.8, 4) is 0 Å². The van der Waals surface area contributed by atoms with E-state index in [1.54, 1.807) is 0 Å². The molecule has 2 saturated heterocycles. The Labute approximate surface area is 94.4 Å². The van der Waals surface area contributed by atoms with E-state index in [-0.39, 0.29) is 17.9 Å². The molecule has 0 aromatic carbocycles. The Hall–Kier alpha value is -1.10. The van der Waals surface area contributed by atoms with E-state index in [0.717, 1.165) is 6.42 Å². The fraction of sp³-hybridized carbons (Fsp3) is 0.818. The molecule has 3 unspecified atom stereocenters. The second-order valence-electron chi connectivity index (χ2n) is 4.60. The van der Waals surface area contributed by atoms with Crippen molar-refractivity contribution in [1.29, 1.82) is 0 Å². The largest absolute Gasteiger partial charge is 0.480 e. The molecule has 2 fully saturated rings. The molecular weight excluding hydrogens is 210 g/mol. The molecule has 1 N–H and O–H groups in total. The van der Waals surface area contributed by atoms with Gasteiger partial charge in [-0.25, -0.2) is 4.79 Å². The van der Waals surface area contributed by atoms with Crippen LogP contribution in [-0.2, 0) is 14.3 Å². The fourth-order valence-corrected chi connectivity index (χ4v) is 2.51. The minimum absolute atomic E-state index is 0.0470. The van der Waals surface area contributed by atoms with Crippen molar-refractivity contribution in [2.24, 2.45) is 5.92 Å². The lowest BCUT2D eigenvalue weighted by atomic mass is 10.0. The standard InChI is InChI=1S/C11H17NO4/c1-7-5-8(6-16-7)10(13)12-4-2-3-9(12)11(14)15/h7-9H,2-6H2,1H3,(H,14,15). The Morgan fingerprint density at radius 3 is 2.75 bits per heavy atom. The SMILES string of the molecule is CC1CC(C(=O)N2CCCC2C(=O)O)CO1. The highest BCUT2D eigenvalue weighted by atomic mass is 16.5. The number of aliphatic carboxylic acids is 1. The van der Waals surface area contributed by atoms with Crippen molar-refractivity contribution < 1.29 is 19.4 Å². The van der Waals surface area contributed by atoms with Gasteiger partial charge in [-0.15, -0.1) is 0 Å². The van der Waals surface area contributed by atoms with Crippen molar-refractivity contribution in [3.63, 3.8) is 0 Å². The van der Waals surface area contributed by atoms with E-state index in [9.17, 15) is 9.59 Å². The Bertz CT molecular complexity index is 304. The second-order valence-corrected chi connectivity index (χ2v) is 4.60. The van der Waals surface area contributed by atoms with Gasteiger partial charge in [-0.05, 0) is 26.2 Å². The van der Waals surface area contributed by atoms with Gasteiger partial charge in [0.25, 0.3) is 0 Å². The van der Waals surface area contributed by atoms with Gasteiger partial charge >= 0.3 is 5.97 Å². The third-order valence-electron chi connectivity index (χ3n) is 3.37. The van der Waals surface area contributed by atoms with Crippen LogP contribution in [0.4, 0.5) is 0 Å². The van der Waals surface area contributed by atoms with Crippen molar-refractivity contribution in [1.82, 2.24) is 4.90 Å². The molecule has 90 valence electrons. The number of rotatable bonds is 2. The number of carboxylic acids is 1. The van der Waals surface area contributed by atoms with Crippen LogP contribution in [0.25, 0.3) is 0 Å². The average Bonchev–Trinajstić information content (AvgIpc) is 2.84. The molecule has 0 aliphatic carbocycles. The first kappa shape index (κ1) is 11.4. The summed E-state index contributed by atoms with van der Waals surface area (Å²) in [5.41, 5.74) is 0. The van der Waals surface area contributed by atoms with Crippen molar-refractivity contribution >= 4 is 11.9 Å². The van der Waals surface area contributed by atoms with Crippen LogP contribution >= 0.6 is 0 Å². The van der Waals surface area contributed by atoms with E-state index in [2.05, 4.69) is 0 Å². The lowest BCUT2D eigenvalue weighted by Gasteiger charge is -2.24. The normalized spacial score (nSPS) is 34.3. The van der Waals surface area contributed by atoms with Crippen molar-refractivity contribution in [2.75, 3.05) is 13.2 Å². The van der Waals surface area contributed by atoms with Gasteiger partial charge in [-0.2, -0.15) is 0 Å². The van der Waals surface area contributed by atoms with Gasteiger partial charge in [0.2, 0.25) is 5.91 Å². The Morgan fingerprint density at radius 2 is 2.19 bits per heavy atom. The molecule has 0 aromatic rings. The highest BCUT2D eigenvalue weighted by Crippen LogP contribution is 2.26. The van der Waals surface area contributed by atoms with Crippen LogP contribution in [0.3, 0.4) is 0 Å². The van der Waals surface area contributed by atoms with E-state index in [0.29, 0.717) is 26.0 Å². The first-order valence-electron chi connectivity index (χ1n) is 5.74. The zero-order valence-electron chi connectivity index (χ0n) is 9.39. The highest BCUT2D eigenvalue weighted by molar-refractivity contribution is 5.85. The number of likely N-dealkylation sites (tertiary alicyclic amines) is 1. The van der Waals surface area contributed by atoms with Crippen LogP contribution in [0, 0.1) is 5.92 Å².